The molecule has 3 rings (SSSR count). The highest BCUT2D eigenvalue weighted by molar-refractivity contribution is 6.00. The van der Waals surface area contributed by atoms with E-state index in [1.54, 1.807) is 40.7 Å². The summed E-state index contributed by atoms with van der Waals surface area (Å²) in [7, 11) is 0. The van der Waals surface area contributed by atoms with Crippen LogP contribution in [-0.2, 0) is 33.3 Å². The number of Topliss-reactive ketones (excluding diaryl/α,β-unsaturated/α-hetero) is 2. The Morgan fingerprint density at radius 2 is 1.76 bits per heavy atom. The third-order valence-electron chi connectivity index (χ3n) is 9.98. The first kappa shape index (κ1) is 36.6. The molecule has 2 aliphatic heterocycles. The molecule has 3 heterocycles. The lowest BCUT2D eigenvalue weighted by molar-refractivity contribution is -0.267. The summed E-state index contributed by atoms with van der Waals surface area (Å²) in [6.45, 7) is 20.8. The lowest BCUT2D eigenvalue weighted by Gasteiger charge is -2.45. The van der Waals surface area contributed by atoms with Crippen molar-refractivity contribution in [3.8, 4) is 0 Å². The number of rotatable bonds is 5. The first-order valence-corrected chi connectivity index (χ1v) is 16.5. The molecule has 0 aliphatic carbocycles. The average molecular weight is 631 g/mol. The minimum Gasteiger partial charge on any atom is -0.457 e. The fourth-order valence-corrected chi connectivity index (χ4v) is 7.12. The largest absolute Gasteiger partial charge is 0.457 e. The van der Waals surface area contributed by atoms with Crippen molar-refractivity contribution in [1.29, 1.82) is 0 Å². The molecule has 0 saturated carbocycles. The van der Waals surface area contributed by atoms with Gasteiger partial charge in [0.05, 0.1) is 12.2 Å². The van der Waals surface area contributed by atoms with E-state index in [9.17, 15) is 19.2 Å². The van der Waals surface area contributed by atoms with Crippen LogP contribution >= 0.6 is 0 Å². The number of ether oxygens (including phenoxy) is 4. The van der Waals surface area contributed by atoms with Gasteiger partial charge in [0, 0.05) is 30.1 Å². The van der Waals surface area contributed by atoms with E-state index < -0.39 is 59.3 Å². The molecule has 0 N–H and O–H groups in total. The zero-order chi connectivity index (χ0) is 33.9. The van der Waals surface area contributed by atoms with Gasteiger partial charge in [0.25, 0.3) is 0 Å². The molecule has 10 heteroatoms. The van der Waals surface area contributed by atoms with Crippen LogP contribution < -0.4 is 0 Å². The molecule has 1 fully saturated rings. The second-order valence-electron chi connectivity index (χ2n) is 14.1. The van der Waals surface area contributed by atoms with Gasteiger partial charge in [-0.3, -0.25) is 14.4 Å². The summed E-state index contributed by atoms with van der Waals surface area (Å²) >= 11 is 0. The molecule has 1 aromatic rings. The highest BCUT2D eigenvalue weighted by Crippen LogP contribution is 2.42. The van der Waals surface area contributed by atoms with E-state index in [1.807, 2.05) is 27.7 Å². The Balaban J connectivity index is 2.10. The Morgan fingerprint density at radius 3 is 2.33 bits per heavy atom. The molecule has 252 valence electrons. The van der Waals surface area contributed by atoms with Crippen LogP contribution in [-0.4, -0.2) is 63.4 Å². The summed E-state index contributed by atoms with van der Waals surface area (Å²) in [6.07, 6.45) is 4.80. The number of ketones is 2. The number of allylic oxidation sites excluding steroid dienone is 1. The van der Waals surface area contributed by atoms with E-state index in [0.717, 1.165) is 6.42 Å². The molecule has 10 nitrogen and oxygen atoms in total. The van der Waals surface area contributed by atoms with Crippen LogP contribution in [0.1, 0.15) is 102 Å². The number of imidazole rings is 1. The van der Waals surface area contributed by atoms with Gasteiger partial charge in [0.15, 0.2) is 23.5 Å². The molecule has 10 atom stereocenters. The number of carbonyl (C=O) groups is 4. The highest BCUT2D eigenvalue weighted by atomic mass is 16.7. The maximum atomic E-state index is 14.0. The average Bonchev–Trinajstić information content (AvgIpc) is 3.53. The zero-order valence-electron chi connectivity index (χ0n) is 29.0. The number of carbonyl (C=O) groups excluding carboxylic acids is 4. The second-order valence-corrected chi connectivity index (χ2v) is 14.1. The van der Waals surface area contributed by atoms with Gasteiger partial charge >= 0.3 is 12.1 Å². The van der Waals surface area contributed by atoms with Crippen molar-refractivity contribution < 1.29 is 38.1 Å². The Hall–Kier alpha value is -2.85. The molecule has 1 unspecified atom stereocenters. The van der Waals surface area contributed by atoms with Gasteiger partial charge < -0.3 is 18.9 Å². The van der Waals surface area contributed by atoms with Crippen LogP contribution in [0.4, 0.5) is 4.79 Å². The van der Waals surface area contributed by atoms with Crippen LogP contribution in [0, 0.1) is 35.0 Å². The van der Waals surface area contributed by atoms with Crippen LogP contribution in [0.15, 0.2) is 30.4 Å². The van der Waals surface area contributed by atoms with Gasteiger partial charge in [-0.1, -0.05) is 55.4 Å². The van der Waals surface area contributed by atoms with E-state index in [1.165, 1.54) is 23.3 Å². The minimum atomic E-state index is -1.47. The highest BCUT2D eigenvalue weighted by Gasteiger charge is 2.48. The predicted molar refractivity (Wildman–Crippen MR) is 169 cm³/mol. The molecule has 1 saturated heterocycles. The van der Waals surface area contributed by atoms with E-state index in [4.69, 9.17) is 18.9 Å². The summed E-state index contributed by atoms with van der Waals surface area (Å²) in [5.41, 5.74) is -1.73. The molecule has 0 bridgehead atoms. The molecule has 0 amide bonds. The zero-order valence-corrected chi connectivity index (χ0v) is 29.0. The fraction of sp³-hybridized carbons (Fsp3) is 0.743. The number of esters is 1. The number of cyclic esters (lactones) is 1. The summed E-state index contributed by atoms with van der Waals surface area (Å²) in [5.74, 6) is -2.98. The molecule has 1 aromatic heterocycles. The van der Waals surface area contributed by atoms with E-state index in [-0.39, 0.29) is 36.4 Å². The SMILES string of the molecule is CC[C@H]1OC(=O)[C@H](C)C(=O)[C@H](C)[C@@H](OC2O[C@H](C)C[C@H](C)[C@H]2C)C(C)(C)C[C@@H](C)C(=O)/C(C)=C/[C@]1(CC)OC(=O)n1ccnc1. The Bertz CT molecular complexity index is 1240. The summed E-state index contributed by atoms with van der Waals surface area (Å²) < 4.78 is 26.2. The van der Waals surface area contributed by atoms with Gasteiger partial charge in [0.2, 0.25) is 0 Å². The van der Waals surface area contributed by atoms with Crippen molar-refractivity contribution >= 4 is 23.6 Å². The third kappa shape index (κ3) is 8.12. The van der Waals surface area contributed by atoms with Crippen LogP contribution in [0.2, 0.25) is 0 Å². The molecular weight excluding hydrogens is 576 g/mol. The molecule has 0 radical (unpaired) electrons. The maximum absolute atomic E-state index is 14.0. The molecule has 45 heavy (non-hydrogen) atoms. The Morgan fingerprint density at radius 1 is 1.09 bits per heavy atom. The van der Waals surface area contributed by atoms with E-state index >= 15 is 0 Å². The van der Waals surface area contributed by atoms with Crippen LogP contribution in [0.3, 0.4) is 0 Å². The van der Waals surface area contributed by atoms with Gasteiger partial charge in [-0.05, 0) is 69.4 Å². The van der Waals surface area contributed by atoms with E-state index in [2.05, 4.69) is 18.8 Å². The standard InChI is InChI=1S/C35H54N2O8/c1-12-27-35(13-2,45-33(41)37-15-14-36-19-37)18-22(5)28(38)21(4)17-34(10,11)30(25(8)29(39)26(9)31(40)43-27)44-32-24(7)20(3)16-23(6)42-32/h14-15,18-21,23-27,30,32H,12-13,16-17H2,1-11H3/b22-18+/t20-,21+,23+,24+,25-,26+,27+,30+,32?,35-/m0/s1. The lowest BCUT2D eigenvalue weighted by Crippen LogP contribution is -2.51. The predicted octanol–water partition coefficient (Wildman–Crippen LogP) is 6.55. The summed E-state index contributed by atoms with van der Waals surface area (Å²) in [4.78, 5) is 58.8. The molecule has 0 aromatic carbocycles. The van der Waals surface area contributed by atoms with Gasteiger partial charge in [-0.15, -0.1) is 0 Å². The first-order valence-electron chi connectivity index (χ1n) is 16.5. The number of nitrogens with zero attached hydrogens (tertiary/aromatic N) is 2. The summed E-state index contributed by atoms with van der Waals surface area (Å²) in [6, 6.07) is 0. The summed E-state index contributed by atoms with van der Waals surface area (Å²) in [5, 5.41) is 0. The van der Waals surface area contributed by atoms with Crippen LogP contribution in [0.25, 0.3) is 0 Å². The van der Waals surface area contributed by atoms with Crippen molar-refractivity contribution in [3.63, 3.8) is 0 Å². The molecule has 2 aliphatic rings. The number of aromatic nitrogens is 2. The molecular formula is C35H54N2O8. The Labute approximate surface area is 268 Å². The van der Waals surface area contributed by atoms with Crippen molar-refractivity contribution in [2.24, 2.45) is 35.0 Å². The monoisotopic (exact) mass is 630 g/mol. The van der Waals surface area contributed by atoms with Crippen molar-refractivity contribution in [2.45, 2.75) is 132 Å². The van der Waals surface area contributed by atoms with Gasteiger partial charge in [0.1, 0.15) is 18.3 Å². The smallest absolute Gasteiger partial charge is 0.420 e. The van der Waals surface area contributed by atoms with Gasteiger partial charge in [-0.25, -0.2) is 14.3 Å². The minimum absolute atomic E-state index is 0.00343. The maximum Gasteiger partial charge on any atom is 0.420 e. The van der Waals surface area contributed by atoms with Crippen molar-refractivity contribution in [1.82, 2.24) is 9.55 Å². The topological polar surface area (TPSA) is 123 Å². The van der Waals surface area contributed by atoms with Crippen molar-refractivity contribution in [3.05, 3.63) is 30.4 Å². The Kier molecular flexibility index (Phi) is 12.0. The lowest BCUT2D eigenvalue weighted by atomic mass is 9.70. The second kappa shape index (κ2) is 14.7. The first-order chi connectivity index (χ1) is 21.0. The third-order valence-corrected chi connectivity index (χ3v) is 9.98. The number of hydrogen-bond donors (Lipinski definition) is 0. The number of hydrogen-bond acceptors (Lipinski definition) is 9. The van der Waals surface area contributed by atoms with Crippen LogP contribution in [0.5, 0.6) is 0 Å². The molecule has 0 spiro atoms. The normalized spacial score (nSPS) is 38.1. The van der Waals surface area contributed by atoms with Crippen molar-refractivity contribution in [2.75, 3.05) is 0 Å². The van der Waals surface area contributed by atoms with Gasteiger partial charge in [-0.2, -0.15) is 0 Å². The quantitative estimate of drug-likeness (QED) is 0.263. The van der Waals surface area contributed by atoms with E-state index in [0.29, 0.717) is 17.9 Å². The fourth-order valence-electron chi connectivity index (χ4n) is 7.12.